The minimum Gasteiger partial charge on any atom is -0.361 e. The van der Waals surface area contributed by atoms with Crippen LogP contribution >= 0.6 is 0 Å². The van der Waals surface area contributed by atoms with Gasteiger partial charge in [-0.1, -0.05) is 24.6 Å². The smallest absolute Gasteiger partial charge is 0.0531 e. The van der Waals surface area contributed by atoms with Crippen LogP contribution in [0.1, 0.15) is 25.7 Å². The molecule has 1 saturated heterocycles. The molecule has 17 heavy (non-hydrogen) atoms. The number of nitrogens with zero attached hydrogens (tertiary/aromatic N) is 1. The molecule has 0 N–H and O–H groups in total. The lowest BCUT2D eigenvalue weighted by atomic mass is 9.82. The summed E-state index contributed by atoms with van der Waals surface area (Å²) in [5, 5.41) is 0. The maximum absolute atomic E-state index is 2.73. The summed E-state index contributed by atoms with van der Waals surface area (Å²) in [6, 6.07) is 13.0. The van der Waals surface area contributed by atoms with E-state index in [0.717, 1.165) is 35.8 Å². The van der Waals surface area contributed by atoms with E-state index in [0.29, 0.717) is 0 Å². The van der Waals surface area contributed by atoms with Crippen molar-refractivity contribution >= 4 is 5.69 Å². The molecule has 6 atom stereocenters. The van der Waals surface area contributed by atoms with Gasteiger partial charge in [0.15, 0.2) is 0 Å². The summed E-state index contributed by atoms with van der Waals surface area (Å²) >= 11 is 0. The Hall–Kier alpha value is -0.980. The molecule has 3 aliphatic carbocycles. The van der Waals surface area contributed by atoms with Crippen LogP contribution in [0.4, 0.5) is 5.69 Å². The summed E-state index contributed by atoms with van der Waals surface area (Å²) in [6.07, 6.45) is 6.16. The number of hydrogen-bond donors (Lipinski definition) is 0. The summed E-state index contributed by atoms with van der Waals surface area (Å²) in [4.78, 5) is 2.73. The Bertz CT molecular complexity index is 432. The van der Waals surface area contributed by atoms with Gasteiger partial charge in [0.1, 0.15) is 0 Å². The minimum absolute atomic E-state index is 0.932. The van der Waals surface area contributed by atoms with Crippen LogP contribution in [-0.4, -0.2) is 12.1 Å². The second-order valence-electron chi connectivity index (χ2n) is 6.55. The zero-order valence-electron chi connectivity index (χ0n) is 10.1. The molecule has 0 unspecified atom stereocenters. The van der Waals surface area contributed by atoms with E-state index in [4.69, 9.17) is 0 Å². The van der Waals surface area contributed by atoms with E-state index in [1.54, 1.807) is 6.42 Å². The molecule has 4 aliphatic rings. The van der Waals surface area contributed by atoms with Crippen molar-refractivity contribution in [2.24, 2.45) is 23.7 Å². The van der Waals surface area contributed by atoms with Gasteiger partial charge in [-0.05, 0) is 55.1 Å². The number of anilines is 1. The lowest BCUT2D eigenvalue weighted by molar-refractivity contribution is 0.292. The normalized spacial score (nSPS) is 49.3. The molecule has 4 fully saturated rings. The third-order valence-corrected chi connectivity index (χ3v) is 6.10. The number of benzene rings is 1. The highest BCUT2D eigenvalue weighted by atomic mass is 15.4. The number of piperidine rings is 1. The van der Waals surface area contributed by atoms with E-state index in [1.165, 1.54) is 24.9 Å². The maximum Gasteiger partial charge on any atom is 0.0531 e. The standard InChI is InChI=1S/C16H19N/c1-2-5-10(6-3-1)17-15-13-9-14(16(15)17)12-8-4-7-11(12)13/h1-3,5-6,11-16H,4,7-9H2/t11-,12-,13+,14+,15-,16-/m0/s1. The Morgan fingerprint density at radius 2 is 1.47 bits per heavy atom. The Morgan fingerprint density at radius 1 is 0.824 bits per heavy atom. The third-order valence-electron chi connectivity index (χ3n) is 6.10. The molecule has 1 aromatic carbocycles. The van der Waals surface area contributed by atoms with E-state index >= 15 is 0 Å². The molecule has 0 aromatic heterocycles. The molecule has 2 bridgehead atoms. The molecule has 0 amide bonds. The van der Waals surface area contributed by atoms with Crippen molar-refractivity contribution in [2.45, 2.75) is 37.8 Å². The van der Waals surface area contributed by atoms with Crippen molar-refractivity contribution in [1.82, 2.24) is 0 Å². The van der Waals surface area contributed by atoms with Crippen molar-refractivity contribution in [3.8, 4) is 0 Å². The molecule has 1 heteroatoms. The lowest BCUT2D eigenvalue weighted by Crippen LogP contribution is -2.22. The Kier molecular flexibility index (Phi) is 1.53. The first-order chi connectivity index (χ1) is 8.45. The topological polar surface area (TPSA) is 3.01 Å². The minimum atomic E-state index is 0.932. The van der Waals surface area contributed by atoms with Crippen molar-refractivity contribution in [2.75, 3.05) is 4.90 Å². The van der Waals surface area contributed by atoms with Gasteiger partial charge in [0.25, 0.3) is 0 Å². The van der Waals surface area contributed by atoms with Crippen molar-refractivity contribution in [3.05, 3.63) is 30.3 Å². The quantitative estimate of drug-likeness (QED) is 0.663. The molecule has 0 radical (unpaired) electrons. The molecular formula is C16H19N. The second kappa shape index (κ2) is 2.88. The van der Waals surface area contributed by atoms with Gasteiger partial charge in [-0.15, -0.1) is 0 Å². The summed E-state index contributed by atoms with van der Waals surface area (Å²) in [5.41, 5.74) is 1.48. The highest BCUT2D eigenvalue weighted by molar-refractivity contribution is 5.59. The first-order valence-electron chi connectivity index (χ1n) is 7.28. The van der Waals surface area contributed by atoms with Gasteiger partial charge < -0.3 is 4.90 Å². The molecule has 88 valence electrons. The predicted octanol–water partition coefficient (Wildman–Crippen LogP) is 3.31. The number of rotatable bonds is 1. The van der Waals surface area contributed by atoms with Crippen LogP contribution < -0.4 is 4.90 Å². The largest absolute Gasteiger partial charge is 0.361 e. The summed E-state index contributed by atoms with van der Waals surface area (Å²) < 4.78 is 0. The molecule has 1 aromatic rings. The molecule has 5 rings (SSSR count). The zero-order valence-corrected chi connectivity index (χ0v) is 10.1. The average molecular weight is 225 g/mol. The highest BCUT2D eigenvalue weighted by Crippen LogP contribution is 2.67. The van der Waals surface area contributed by atoms with Crippen LogP contribution in [0.5, 0.6) is 0 Å². The summed E-state index contributed by atoms with van der Waals surface area (Å²) in [5.74, 6) is 4.32. The maximum atomic E-state index is 2.73. The van der Waals surface area contributed by atoms with Crippen LogP contribution in [0.3, 0.4) is 0 Å². The van der Waals surface area contributed by atoms with Gasteiger partial charge in [-0.25, -0.2) is 0 Å². The Balaban J connectivity index is 1.49. The van der Waals surface area contributed by atoms with E-state index in [9.17, 15) is 0 Å². The Morgan fingerprint density at radius 3 is 2.12 bits per heavy atom. The van der Waals surface area contributed by atoms with Crippen LogP contribution in [0.2, 0.25) is 0 Å². The fourth-order valence-electron chi connectivity index (χ4n) is 5.66. The number of hydrogen-bond acceptors (Lipinski definition) is 1. The van der Waals surface area contributed by atoms with E-state index in [1.807, 2.05) is 0 Å². The van der Waals surface area contributed by atoms with Crippen LogP contribution in [0.15, 0.2) is 30.3 Å². The van der Waals surface area contributed by atoms with Gasteiger partial charge in [0.2, 0.25) is 0 Å². The number of para-hydroxylation sites is 1. The molecule has 3 saturated carbocycles. The van der Waals surface area contributed by atoms with Crippen LogP contribution in [0.25, 0.3) is 0 Å². The van der Waals surface area contributed by atoms with Gasteiger partial charge in [0, 0.05) is 5.69 Å². The monoisotopic (exact) mass is 225 g/mol. The van der Waals surface area contributed by atoms with Gasteiger partial charge >= 0.3 is 0 Å². The van der Waals surface area contributed by atoms with Crippen molar-refractivity contribution in [3.63, 3.8) is 0 Å². The highest BCUT2D eigenvalue weighted by Gasteiger charge is 2.70. The SMILES string of the molecule is c1ccc(N2[C@H]3[C@@H]4C[C@H]([C@H]5CCC[C@@H]54)[C@@H]32)cc1. The lowest BCUT2D eigenvalue weighted by Gasteiger charge is -2.21. The van der Waals surface area contributed by atoms with E-state index in [2.05, 4.69) is 35.2 Å². The first kappa shape index (κ1) is 9.02. The van der Waals surface area contributed by atoms with Gasteiger partial charge in [-0.3, -0.25) is 0 Å². The van der Waals surface area contributed by atoms with E-state index < -0.39 is 0 Å². The summed E-state index contributed by atoms with van der Waals surface area (Å²) in [7, 11) is 0. The van der Waals surface area contributed by atoms with E-state index in [-0.39, 0.29) is 0 Å². The molecule has 1 nitrogen and oxygen atoms in total. The first-order valence-corrected chi connectivity index (χ1v) is 7.28. The average Bonchev–Trinajstić information content (AvgIpc) is 2.73. The molecular weight excluding hydrogens is 206 g/mol. The third kappa shape index (κ3) is 0.978. The molecule has 0 spiro atoms. The molecule has 1 aliphatic heterocycles. The van der Waals surface area contributed by atoms with Crippen molar-refractivity contribution in [1.29, 1.82) is 0 Å². The Labute approximate surface area is 103 Å². The van der Waals surface area contributed by atoms with Gasteiger partial charge in [-0.2, -0.15) is 0 Å². The fourth-order valence-corrected chi connectivity index (χ4v) is 5.66. The van der Waals surface area contributed by atoms with Crippen LogP contribution in [0, 0.1) is 23.7 Å². The summed E-state index contributed by atoms with van der Waals surface area (Å²) in [6.45, 7) is 0. The second-order valence-corrected chi connectivity index (χ2v) is 6.55. The zero-order chi connectivity index (χ0) is 11.0. The predicted molar refractivity (Wildman–Crippen MR) is 68.9 cm³/mol. The number of fused-ring (bicyclic) bond motifs is 8. The van der Waals surface area contributed by atoms with Gasteiger partial charge in [0.05, 0.1) is 12.1 Å². The molecule has 1 heterocycles. The van der Waals surface area contributed by atoms with Crippen molar-refractivity contribution < 1.29 is 0 Å². The van der Waals surface area contributed by atoms with Crippen LogP contribution in [-0.2, 0) is 0 Å². The fraction of sp³-hybridized carbons (Fsp3) is 0.625.